The fourth-order valence-corrected chi connectivity index (χ4v) is 6.75. The molecule has 1 aromatic carbocycles. The van der Waals surface area contributed by atoms with Crippen LogP contribution in [0.2, 0.25) is 0 Å². The normalized spacial score (nSPS) is 16.7. The van der Waals surface area contributed by atoms with E-state index in [1.165, 1.54) is 23.6 Å². The quantitative estimate of drug-likeness (QED) is 0.374. The number of benzene rings is 1. The number of ether oxygens (including phenoxy) is 2. The van der Waals surface area contributed by atoms with Crippen LogP contribution < -0.4 is 14.9 Å². The number of sulfonamides is 1. The number of carbonyl (C=O) groups excluding carboxylic acids is 1. The van der Waals surface area contributed by atoms with Crippen LogP contribution in [0.4, 0.5) is 0 Å². The Hall–Kier alpha value is -3.02. The molecule has 11 heteroatoms. The van der Waals surface area contributed by atoms with E-state index in [1.807, 2.05) is 22.1 Å². The molecular formula is C27H31N3O6S2. The summed E-state index contributed by atoms with van der Waals surface area (Å²) in [5.74, 6) is 0.0309. The van der Waals surface area contributed by atoms with Crippen molar-refractivity contribution in [1.29, 1.82) is 0 Å². The molecule has 9 nitrogen and oxygen atoms in total. The number of methoxy groups -OCH3 is 1. The first-order valence-corrected chi connectivity index (χ1v) is 15.1. The van der Waals surface area contributed by atoms with Gasteiger partial charge in [0.05, 0.1) is 23.1 Å². The van der Waals surface area contributed by atoms with Crippen LogP contribution in [0.1, 0.15) is 55.1 Å². The van der Waals surface area contributed by atoms with Gasteiger partial charge >= 0.3 is 0 Å². The fraction of sp³-hybridized carbons (Fsp3) is 0.444. The van der Waals surface area contributed by atoms with Crippen molar-refractivity contribution in [3.05, 3.63) is 57.3 Å². The van der Waals surface area contributed by atoms with Crippen LogP contribution in [0.3, 0.4) is 0 Å². The lowest BCUT2D eigenvalue weighted by Gasteiger charge is -2.34. The average molecular weight is 558 g/mol. The highest BCUT2D eigenvalue weighted by Crippen LogP contribution is 2.43. The van der Waals surface area contributed by atoms with Gasteiger partial charge in [-0.15, -0.1) is 11.3 Å². The topological polar surface area (TPSA) is 117 Å². The largest absolute Gasteiger partial charge is 0.493 e. The van der Waals surface area contributed by atoms with E-state index in [4.69, 9.17) is 9.47 Å². The number of fused-ring (bicyclic) bond motifs is 3. The Morgan fingerprint density at radius 2 is 2.00 bits per heavy atom. The maximum atomic E-state index is 13.2. The molecule has 2 aliphatic rings. The number of hydrogen-bond acceptors (Lipinski definition) is 8. The monoisotopic (exact) mass is 557 g/mol. The summed E-state index contributed by atoms with van der Waals surface area (Å²) < 4.78 is 40.0. The van der Waals surface area contributed by atoms with Crippen molar-refractivity contribution < 1.29 is 22.7 Å². The minimum absolute atomic E-state index is 0.0447. The Labute approximate surface area is 225 Å². The fourth-order valence-electron chi connectivity index (χ4n) is 4.79. The minimum Gasteiger partial charge on any atom is -0.493 e. The van der Waals surface area contributed by atoms with Gasteiger partial charge in [-0.25, -0.2) is 18.1 Å². The Balaban J connectivity index is 1.59. The molecule has 0 spiro atoms. The number of carbonyl (C=O) groups is 1. The molecule has 38 heavy (non-hydrogen) atoms. The average Bonchev–Trinajstić information content (AvgIpc) is 3.61. The number of thiazole rings is 1. The van der Waals surface area contributed by atoms with Gasteiger partial charge in [0.15, 0.2) is 5.43 Å². The van der Waals surface area contributed by atoms with E-state index >= 15 is 0 Å². The highest BCUT2D eigenvalue weighted by Gasteiger charge is 2.38. The van der Waals surface area contributed by atoms with Gasteiger partial charge in [-0.3, -0.25) is 9.59 Å². The molecule has 2 aromatic heterocycles. The number of rotatable bonds is 10. The number of amides is 1. The first kappa shape index (κ1) is 26.6. The third-order valence-electron chi connectivity index (χ3n) is 6.97. The van der Waals surface area contributed by atoms with Crippen LogP contribution in [0.15, 0.2) is 40.8 Å². The van der Waals surface area contributed by atoms with Gasteiger partial charge in [0, 0.05) is 55.6 Å². The van der Waals surface area contributed by atoms with E-state index in [9.17, 15) is 18.0 Å². The predicted octanol–water partition coefficient (Wildman–Crippen LogP) is 4.03. The van der Waals surface area contributed by atoms with Crippen LogP contribution in [0.25, 0.3) is 21.8 Å². The maximum Gasteiger partial charge on any atom is 0.270 e. The molecule has 1 aliphatic heterocycles. The molecule has 3 aromatic rings. The van der Waals surface area contributed by atoms with E-state index < -0.39 is 26.6 Å². The minimum atomic E-state index is -3.77. The summed E-state index contributed by atoms with van der Waals surface area (Å²) in [6, 6.07) is 5.43. The van der Waals surface area contributed by atoms with Gasteiger partial charge in [-0.1, -0.05) is 13.8 Å². The Morgan fingerprint density at radius 1 is 1.21 bits per heavy atom. The Kier molecular flexibility index (Phi) is 7.43. The van der Waals surface area contributed by atoms with Crippen molar-refractivity contribution in [3.8, 4) is 27.6 Å². The summed E-state index contributed by atoms with van der Waals surface area (Å²) in [7, 11) is -2.11. The highest BCUT2D eigenvalue weighted by molar-refractivity contribution is 7.91. The molecule has 202 valence electrons. The van der Waals surface area contributed by atoms with E-state index in [1.54, 1.807) is 13.3 Å². The van der Waals surface area contributed by atoms with E-state index in [-0.39, 0.29) is 17.5 Å². The second-order valence-corrected chi connectivity index (χ2v) is 12.9. The first-order chi connectivity index (χ1) is 18.2. The number of nitrogens with zero attached hydrogens (tertiary/aromatic N) is 2. The maximum absolute atomic E-state index is 13.2. The lowest BCUT2D eigenvalue weighted by Crippen LogP contribution is -2.37. The second kappa shape index (κ2) is 10.6. The summed E-state index contributed by atoms with van der Waals surface area (Å²) in [6.07, 6.45) is 5.72. The zero-order chi connectivity index (χ0) is 27.0. The van der Waals surface area contributed by atoms with Crippen LogP contribution in [0.5, 0.6) is 5.75 Å². The summed E-state index contributed by atoms with van der Waals surface area (Å²) in [5, 5.41) is 2.14. The van der Waals surface area contributed by atoms with Crippen molar-refractivity contribution in [2.24, 2.45) is 5.92 Å². The molecule has 1 atom stereocenters. The molecule has 0 radical (unpaired) electrons. The molecule has 0 saturated heterocycles. The standard InChI is InChI=1S/C27H31N3O6S2/c1-16(2)22-11-17-12-25(36-9-4-8-35-3)20(27-28-7-10-37-27)13-19(17)23-14-24(31)21(15-30(22)23)26(32)29-38(33,34)18-5-6-18/h7,10,12-16,18,22H,4-6,8-9,11H2,1-3H3,(H,29,32). The van der Waals surface area contributed by atoms with Gasteiger partial charge in [-0.2, -0.15) is 0 Å². The lowest BCUT2D eigenvalue weighted by atomic mass is 9.86. The molecule has 1 amide bonds. The number of nitrogens with one attached hydrogen (secondary N) is 1. The van der Waals surface area contributed by atoms with Gasteiger partial charge in [0.25, 0.3) is 5.91 Å². The second-order valence-electron chi connectivity index (χ2n) is 10.1. The van der Waals surface area contributed by atoms with Crippen molar-refractivity contribution in [2.45, 2.75) is 50.8 Å². The zero-order valence-electron chi connectivity index (χ0n) is 21.6. The molecule has 1 fully saturated rings. The first-order valence-electron chi connectivity index (χ1n) is 12.7. The van der Waals surface area contributed by atoms with Crippen molar-refractivity contribution in [1.82, 2.24) is 14.3 Å². The highest BCUT2D eigenvalue weighted by atomic mass is 32.2. The SMILES string of the molecule is COCCCOc1cc2c(cc1-c1nccs1)-c1cc(=O)c(C(=O)NS(=O)(=O)C3CC3)cn1C(C(C)C)C2. The van der Waals surface area contributed by atoms with Crippen LogP contribution in [-0.2, 0) is 21.2 Å². The van der Waals surface area contributed by atoms with Crippen molar-refractivity contribution in [3.63, 3.8) is 0 Å². The third kappa shape index (κ3) is 5.27. The van der Waals surface area contributed by atoms with Crippen LogP contribution in [-0.4, -0.2) is 49.4 Å². The lowest BCUT2D eigenvalue weighted by molar-refractivity contribution is 0.0979. The molecule has 0 bridgehead atoms. The van der Waals surface area contributed by atoms with Crippen LogP contribution in [0, 0.1) is 5.92 Å². The smallest absolute Gasteiger partial charge is 0.270 e. The van der Waals surface area contributed by atoms with Gasteiger partial charge in [0.2, 0.25) is 10.0 Å². The molecule has 1 aliphatic carbocycles. The van der Waals surface area contributed by atoms with Crippen LogP contribution >= 0.6 is 11.3 Å². The van der Waals surface area contributed by atoms with Gasteiger partial charge in [0.1, 0.15) is 16.3 Å². The van der Waals surface area contributed by atoms with E-state index in [0.29, 0.717) is 38.2 Å². The molecule has 1 saturated carbocycles. The van der Waals surface area contributed by atoms with Gasteiger partial charge < -0.3 is 14.0 Å². The summed E-state index contributed by atoms with van der Waals surface area (Å²) in [5.41, 5.74) is 2.72. The van der Waals surface area contributed by atoms with Crippen molar-refractivity contribution in [2.75, 3.05) is 20.3 Å². The number of hydrogen-bond donors (Lipinski definition) is 1. The van der Waals surface area contributed by atoms with E-state index in [2.05, 4.69) is 23.6 Å². The molecular weight excluding hydrogens is 526 g/mol. The molecule has 3 heterocycles. The summed E-state index contributed by atoms with van der Waals surface area (Å²) >= 11 is 1.50. The van der Waals surface area contributed by atoms with Crippen molar-refractivity contribution >= 4 is 27.3 Å². The Bertz CT molecular complexity index is 1510. The zero-order valence-corrected chi connectivity index (χ0v) is 23.2. The molecule has 1 unspecified atom stereocenters. The third-order valence-corrected chi connectivity index (χ3v) is 9.60. The number of pyridine rings is 1. The number of aromatic nitrogens is 2. The van der Waals surface area contributed by atoms with E-state index in [0.717, 1.165) is 33.9 Å². The Morgan fingerprint density at radius 3 is 2.66 bits per heavy atom. The summed E-state index contributed by atoms with van der Waals surface area (Å²) in [6.45, 7) is 5.26. The summed E-state index contributed by atoms with van der Waals surface area (Å²) in [4.78, 5) is 30.5. The predicted molar refractivity (Wildman–Crippen MR) is 146 cm³/mol. The molecule has 5 rings (SSSR count). The van der Waals surface area contributed by atoms with Gasteiger partial charge in [-0.05, 0) is 42.9 Å². The molecule has 1 N–H and O–H groups in total.